The summed E-state index contributed by atoms with van der Waals surface area (Å²) >= 11 is 0. The monoisotopic (exact) mass is 363 g/mol. The molecule has 138 valence electrons. The predicted molar refractivity (Wildman–Crippen MR) is 105 cm³/mol. The molecule has 0 aliphatic rings. The van der Waals surface area contributed by atoms with Crippen molar-refractivity contribution in [3.8, 4) is 5.82 Å². The zero-order valence-electron chi connectivity index (χ0n) is 15.7. The molecular formula is C19H21N7O. The maximum Gasteiger partial charge on any atom is 0.268 e. The molecule has 0 fully saturated rings. The Labute approximate surface area is 156 Å². The minimum absolute atomic E-state index is 0.208. The van der Waals surface area contributed by atoms with E-state index in [1.54, 1.807) is 7.05 Å². The molecule has 0 aliphatic heterocycles. The van der Waals surface area contributed by atoms with E-state index >= 15 is 0 Å². The van der Waals surface area contributed by atoms with Gasteiger partial charge in [-0.1, -0.05) is 18.2 Å². The Kier molecular flexibility index (Phi) is 3.66. The van der Waals surface area contributed by atoms with Crippen LogP contribution in [-0.2, 0) is 5.54 Å². The van der Waals surface area contributed by atoms with E-state index < -0.39 is 0 Å². The van der Waals surface area contributed by atoms with Crippen LogP contribution in [0, 0.1) is 0 Å². The van der Waals surface area contributed by atoms with Crippen LogP contribution >= 0.6 is 0 Å². The van der Waals surface area contributed by atoms with E-state index in [0.717, 1.165) is 10.9 Å². The highest BCUT2D eigenvalue weighted by atomic mass is 16.1. The maximum atomic E-state index is 12.6. The molecule has 0 radical (unpaired) electrons. The second-order valence-corrected chi connectivity index (χ2v) is 7.37. The SMILES string of the molecule is CNC(=O)c1cc2ccccc2n1-c1nn(C(C)(C)C)c2ncnc(N)c12. The quantitative estimate of drug-likeness (QED) is 0.569. The number of nitrogens with zero attached hydrogens (tertiary/aromatic N) is 5. The summed E-state index contributed by atoms with van der Waals surface area (Å²) in [4.78, 5) is 21.1. The number of carbonyl (C=O) groups excluding carboxylic acids is 1. The van der Waals surface area contributed by atoms with Crippen molar-refractivity contribution in [2.24, 2.45) is 0 Å². The van der Waals surface area contributed by atoms with E-state index in [4.69, 9.17) is 10.8 Å². The third-order valence-corrected chi connectivity index (χ3v) is 4.49. The van der Waals surface area contributed by atoms with Gasteiger partial charge in [-0.2, -0.15) is 5.10 Å². The molecule has 0 bridgehead atoms. The molecule has 1 aromatic carbocycles. The second-order valence-electron chi connectivity index (χ2n) is 7.37. The van der Waals surface area contributed by atoms with E-state index in [-0.39, 0.29) is 11.4 Å². The Bertz CT molecular complexity index is 1180. The van der Waals surface area contributed by atoms with Crippen molar-refractivity contribution in [3.05, 3.63) is 42.4 Å². The predicted octanol–water partition coefficient (Wildman–Crippen LogP) is 2.47. The molecule has 3 heterocycles. The Balaban J connectivity index is 2.17. The number of amides is 1. The Hall–Kier alpha value is -3.42. The van der Waals surface area contributed by atoms with Gasteiger partial charge in [0.2, 0.25) is 0 Å². The molecule has 3 aromatic heterocycles. The van der Waals surface area contributed by atoms with Crippen LogP contribution in [-0.4, -0.2) is 37.3 Å². The number of nitrogens with two attached hydrogens (primary N) is 1. The van der Waals surface area contributed by atoms with Gasteiger partial charge in [0.1, 0.15) is 23.2 Å². The molecule has 0 saturated heterocycles. The Morgan fingerprint density at radius 3 is 2.63 bits per heavy atom. The number of rotatable bonds is 2. The number of benzene rings is 1. The normalized spacial score (nSPS) is 12.0. The van der Waals surface area contributed by atoms with Gasteiger partial charge in [0, 0.05) is 12.4 Å². The molecule has 1 amide bonds. The summed E-state index contributed by atoms with van der Waals surface area (Å²) in [5, 5.41) is 9.06. The van der Waals surface area contributed by atoms with Gasteiger partial charge in [0.15, 0.2) is 11.5 Å². The third-order valence-electron chi connectivity index (χ3n) is 4.49. The van der Waals surface area contributed by atoms with Crippen LogP contribution < -0.4 is 11.1 Å². The van der Waals surface area contributed by atoms with Crippen LogP contribution in [0.1, 0.15) is 31.3 Å². The molecule has 27 heavy (non-hydrogen) atoms. The van der Waals surface area contributed by atoms with Crippen molar-refractivity contribution in [1.82, 2.24) is 29.6 Å². The highest BCUT2D eigenvalue weighted by Gasteiger charge is 2.27. The van der Waals surface area contributed by atoms with Gasteiger partial charge in [-0.25, -0.2) is 14.6 Å². The zero-order valence-corrected chi connectivity index (χ0v) is 15.7. The Morgan fingerprint density at radius 1 is 1.19 bits per heavy atom. The summed E-state index contributed by atoms with van der Waals surface area (Å²) < 4.78 is 3.64. The minimum atomic E-state index is -0.326. The molecule has 4 aromatic rings. The van der Waals surface area contributed by atoms with E-state index in [1.807, 2.05) is 60.4 Å². The number of nitrogen functional groups attached to an aromatic ring is 1. The Morgan fingerprint density at radius 2 is 1.93 bits per heavy atom. The molecule has 0 aliphatic carbocycles. The molecule has 8 nitrogen and oxygen atoms in total. The summed E-state index contributed by atoms with van der Waals surface area (Å²) in [7, 11) is 1.60. The topological polar surface area (TPSA) is 104 Å². The summed E-state index contributed by atoms with van der Waals surface area (Å²) in [6.07, 6.45) is 1.43. The average molecular weight is 363 g/mol. The van der Waals surface area contributed by atoms with Crippen LogP contribution in [0.2, 0.25) is 0 Å². The molecule has 0 saturated carbocycles. The van der Waals surface area contributed by atoms with Gasteiger partial charge in [0.05, 0.1) is 11.1 Å². The average Bonchev–Trinajstić information content (AvgIpc) is 3.20. The van der Waals surface area contributed by atoms with Crippen LogP contribution in [0.3, 0.4) is 0 Å². The zero-order chi connectivity index (χ0) is 19.3. The van der Waals surface area contributed by atoms with Gasteiger partial charge < -0.3 is 11.1 Å². The van der Waals surface area contributed by atoms with E-state index in [1.165, 1.54) is 6.33 Å². The number of fused-ring (bicyclic) bond motifs is 2. The van der Waals surface area contributed by atoms with Gasteiger partial charge in [-0.15, -0.1) is 0 Å². The van der Waals surface area contributed by atoms with E-state index in [0.29, 0.717) is 28.4 Å². The molecule has 0 spiro atoms. The summed E-state index contributed by atoms with van der Waals surface area (Å²) in [6.45, 7) is 6.11. The number of hydrogen-bond acceptors (Lipinski definition) is 5. The number of nitrogens with one attached hydrogen (secondary N) is 1. The first kappa shape index (κ1) is 17.0. The number of para-hydroxylation sites is 1. The van der Waals surface area contributed by atoms with Gasteiger partial charge >= 0.3 is 0 Å². The molecule has 3 N–H and O–H groups in total. The fourth-order valence-electron chi connectivity index (χ4n) is 3.26. The molecule has 0 unspecified atom stereocenters. The lowest BCUT2D eigenvalue weighted by molar-refractivity contribution is 0.0956. The summed E-state index contributed by atoms with van der Waals surface area (Å²) in [5.41, 5.74) is 7.84. The third kappa shape index (κ3) is 2.52. The van der Waals surface area contributed by atoms with Crippen LogP contribution in [0.4, 0.5) is 5.82 Å². The lowest BCUT2D eigenvalue weighted by Crippen LogP contribution is -2.24. The highest BCUT2D eigenvalue weighted by Crippen LogP contribution is 2.32. The van der Waals surface area contributed by atoms with E-state index in [2.05, 4.69) is 15.3 Å². The summed E-state index contributed by atoms with van der Waals surface area (Å²) in [6, 6.07) is 9.61. The van der Waals surface area contributed by atoms with Crippen molar-refractivity contribution in [1.29, 1.82) is 0 Å². The number of carbonyl (C=O) groups is 1. The van der Waals surface area contributed by atoms with Gasteiger partial charge in [-0.3, -0.25) is 9.36 Å². The van der Waals surface area contributed by atoms with Crippen molar-refractivity contribution < 1.29 is 4.79 Å². The summed E-state index contributed by atoms with van der Waals surface area (Å²) in [5.74, 6) is 0.657. The number of aromatic nitrogens is 5. The van der Waals surface area contributed by atoms with Crippen LogP contribution in [0.25, 0.3) is 27.8 Å². The van der Waals surface area contributed by atoms with Crippen molar-refractivity contribution in [2.45, 2.75) is 26.3 Å². The lowest BCUT2D eigenvalue weighted by atomic mass is 10.1. The molecule has 8 heteroatoms. The lowest BCUT2D eigenvalue weighted by Gasteiger charge is -2.19. The first-order valence-corrected chi connectivity index (χ1v) is 8.65. The minimum Gasteiger partial charge on any atom is -0.383 e. The van der Waals surface area contributed by atoms with Crippen molar-refractivity contribution in [2.75, 3.05) is 12.8 Å². The van der Waals surface area contributed by atoms with Gasteiger partial charge in [-0.05, 0) is 32.9 Å². The smallest absolute Gasteiger partial charge is 0.268 e. The molecule has 4 rings (SSSR count). The fraction of sp³-hybridized carbons (Fsp3) is 0.263. The number of anilines is 1. The molecule has 0 atom stereocenters. The standard InChI is InChI=1S/C19H21N7O/c1-19(2,3)26-16-14(15(20)22-10-23-16)17(24-26)25-12-8-6-5-7-11(12)9-13(25)18(27)21-4/h5-10H,1-4H3,(H,21,27)(H2,20,22,23). The van der Waals surface area contributed by atoms with Crippen molar-refractivity contribution in [3.63, 3.8) is 0 Å². The number of hydrogen-bond donors (Lipinski definition) is 2. The van der Waals surface area contributed by atoms with Crippen molar-refractivity contribution >= 4 is 33.7 Å². The van der Waals surface area contributed by atoms with Crippen LogP contribution in [0.5, 0.6) is 0 Å². The maximum absolute atomic E-state index is 12.6. The first-order chi connectivity index (χ1) is 12.8. The highest BCUT2D eigenvalue weighted by molar-refractivity contribution is 6.02. The molecular weight excluding hydrogens is 342 g/mol. The largest absolute Gasteiger partial charge is 0.383 e. The fourth-order valence-corrected chi connectivity index (χ4v) is 3.26. The first-order valence-electron chi connectivity index (χ1n) is 8.65. The van der Waals surface area contributed by atoms with Gasteiger partial charge in [0.25, 0.3) is 5.91 Å². The van der Waals surface area contributed by atoms with Crippen LogP contribution in [0.15, 0.2) is 36.7 Å². The second kappa shape index (κ2) is 5.80. The van der Waals surface area contributed by atoms with E-state index in [9.17, 15) is 4.79 Å².